The SMILES string of the molecule is CCCCCC(N)(N)CCCS(=O)(=O)O. The molecule has 0 aromatic carbocycles. The Hall–Kier alpha value is -0.170. The molecule has 0 aromatic rings. The van der Waals surface area contributed by atoms with E-state index in [9.17, 15) is 8.42 Å². The van der Waals surface area contributed by atoms with Gasteiger partial charge in [-0.1, -0.05) is 26.2 Å². The summed E-state index contributed by atoms with van der Waals surface area (Å²) in [4.78, 5) is 0. The Morgan fingerprint density at radius 3 is 2.13 bits per heavy atom. The first-order valence-electron chi connectivity index (χ1n) is 5.30. The molecule has 92 valence electrons. The van der Waals surface area contributed by atoms with Crippen LogP contribution in [-0.2, 0) is 10.1 Å². The predicted molar refractivity (Wildman–Crippen MR) is 60.9 cm³/mol. The van der Waals surface area contributed by atoms with E-state index >= 15 is 0 Å². The summed E-state index contributed by atoms with van der Waals surface area (Å²) in [7, 11) is -3.88. The van der Waals surface area contributed by atoms with Crippen LogP contribution in [0, 0.1) is 0 Å². The average Bonchev–Trinajstić information content (AvgIpc) is 2.01. The minimum absolute atomic E-state index is 0.267. The third-order valence-electron chi connectivity index (χ3n) is 2.29. The standard InChI is InChI=1S/C9H22N2O3S/c1-2-3-4-6-9(10,11)7-5-8-15(12,13)14/h2-8,10-11H2,1H3,(H,12,13,14). The lowest BCUT2D eigenvalue weighted by atomic mass is 9.99. The molecule has 0 aliphatic heterocycles. The van der Waals surface area contributed by atoms with E-state index in [0.717, 1.165) is 19.3 Å². The predicted octanol–water partition coefficient (Wildman–Crippen LogP) is 0.848. The summed E-state index contributed by atoms with van der Waals surface area (Å²) in [6, 6.07) is 0. The maximum Gasteiger partial charge on any atom is 0.264 e. The van der Waals surface area contributed by atoms with Gasteiger partial charge in [-0.25, -0.2) is 0 Å². The smallest absolute Gasteiger partial charge is 0.264 e. The van der Waals surface area contributed by atoms with E-state index in [-0.39, 0.29) is 5.75 Å². The summed E-state index contributed by atoms with van der Waals surface area (Å²) >= 11 is 0. The number of unbranched alkanes of at least 4 members (excludes halogenated alkanes) is 2. The molecule has 0 rings (SSSR count). The molecule has 0 radical (unpaired) electrons. The van der Waals surface area contributed by atoms with Crippen LogP contribution >= 0.6 is 0 Å². The van der Waals surface area contributed by atoms with Gasteiger partial charge >= 0.3 is 0 Å². The Labute approximate surface area is 92.0 Å². The van der Waals surface area contributed by atoms with Crippen molar-refractivity contribution in [3.05, 3.63) is 0 Å². The number of nitrogens with two attached hydrogens (primary N) is 2. The van der Waals surface area contributed by atoms with Crippen LogP contribution < -0.4 is 11.5 Å². The fourth-order valence-electron chi connectivity index (χ4n) is 1.41. The zero-order valence-corrected chi connectivity index (χ0v) is 10.1. The highest BCUT2D eigenvalue weighted by atomic mass is 32.2. The normalized spacial score (nSPS) is 13.1. The molecular formula is C9H22N2O3S. The quantitative estimate of drug-likeness (QED) is 0.330. The molecule has 15 heavy (non-hydrogen) atoms. The van der Waals surface area contributed by atoms with E-state index in [0.29, 0.717) is 19.3 Å². The average molecular weight is 238 g/mol. The molecule has 0 unspecified atom stereocenters. The molecule has 0 fully saturated rings. The van der Waals surface area contributed by atoms with Gasteiger partial charge in [-0.05, 0) is 19.3 Å². The van der Waals surface area contributed by atoms with Crippen LogP contribution in [0.15, 0.2) is 0 Å². The Morgan fingerprint density at radius 1 is 1.13 bits per heavy atom. The van der Waals surface area contributed by atoms with Crippen LogP contribution in [0.1, 0.15) is 45.4 Å². The Balaban J connectivity index is 3.73. The van der Waals surface area contributed by atoms with E-state index < -0.39 is 15.8 Å². The van der Waals surface area contributed by atoms with E-state index in [1.165, 1.54) is 0 Å². The second kappa shape index (κ2) is 6.42. The lowest BCUT2D eigenvalue weighted by Gasteiger charge is -2.24. The Kier molecular flexibility index (Phi) is 6.35. The summed E-state index contributed by atoms with van der Waals surface area (Å²) < 4.78 is 29.4. The van der Waals surface area contributed by atoms with Crippen molar-refractivity contribution in [2.24, 2.45) is 11.5 Å². The second-order valence-corrected chi connectivity index (χ2v) is 5.65. The summed E-state index contributed by atoms with van der Waals surface area (Å²) in [6.45, 7) is 2.09. The maximum atomic E-state index is 10.5. The molecule has 0 aromatic heterocycles. The van der Waals surface area contributed by atoms with Gasteiger partial charge in [0, 0.05) is 0 Å². The van der Waals surface area contributed by atoms with Gasteiger partial charge in [-0.2, -0.15) is 8.42 Å². The highest BCUT2D eigenvalue weighted by Gasteiger charge is 2.19. The number of hydrogen-bond donors (Lipinski definition) is 3. The fourth-order valence-corrected chi connectivity index (χ4v) is 1.92. The maximum absolute atomic E-state index is 10.5. The zero-order chi connectivity index (χ0) is 11.9. The van der Waals surface area contributed by atoms with Crippen molar-refractivity contribution in [2.75, 3.05) is 5.75 Å². The Morgan fingerprint density at radius 2 is 1.67 bits per heavy atom. The largest absolute Gasteiger partial charge is 0.313 e. The van der Waals surface area contributed by atoms with Crippen molar-refractivity contribution in [3.8, 4) is 0 Å². The minimum Gasteiger partial charge on any atom is -0.313 e. The highest BCUT2D eigenvalue weighted by Crippen LogP contribution is 2.13. The van der Waals surface area contributed by atoms with Crippen LogP contribution in [0.4, 0.5) is 0 Å². The zero-order valence-electron chi connectivity index (χ0n) is 9.28. The fraction of sp³-hybridized carbons (Fsp3) is 1.00. The van der Waals surface area contributed by atoms with Gasteiger partial charge in [0.25, 0.3) is 10.1 Å². The van der Waals surface area contributed by atoms with E-state index in [4.69, 9.17) is 16.0 Å². The highest BCUT2D eigenvalue weighted by molar-refractivity contribution is 7.85. The molecule has 0 atom stereocenters. The van der Waals surface area contributed by atoms with Crippen molar-refractivity contribution in [1.29, 1.82) is 0 Å². The van der Waals surface area contributed by atoms with E-state index in [2.05, 4.69) is 6.92 Å². The molecule has 5 nitrogen and oxygen atoms in total. The third-order valence-corrected chi connectivity index (χ3v) is 3.09. The molecule has 6 heteroatoms. The molecule has 0 saturated heterocycles. The lowest BCUT2D eigenvalue weighted by molar-refractivity contribution is 0.358. The van der Waals surface area contributed by atoms with E-state index in [1.807, 2.05) is 0 Å². The van der Waals surface area contributed by atoms with Crippen molar-refractivity contribution in [3.63, 3.8) is 0 Å². The second-order valence-electron chi connectivity index (χ2n) is 4.08. The molecule has 0 bridgehead atoms. The minimum atomic E-state index is -3.88. The third kappa shape index (κ3) is 10.1. The topological polar surface area (TPSA) is 106 Å². The van der Waals surface area contributed by atoms with Crippen LogP contribution in [0.25, 0.3) is 0 Å². The number of hydrogen-bond acceptors (Lipinski definition) is 4. The van der Waals surface area contributed by atoms with Gasteiger partial charge in [0.15, 0.2) is 0 Å². The van der Waals surface area contributed by atoms with Crippen molar-refractivity contribution < 1.29 is 13.0 Å². The van der Waals surface area contributed by atoms with Gasteiger partial charge < -0.3 is 11.5 Å². The molecule has 0 amide bonds. The van der Waals surface area contributed by atoms with Crippen molar-refractivity contribution in [1.82, 2.24) is 0 Å². The first-order chi connectivity index (χ1) is 6.77. The summed E-state index contributed by atoms with van der Waals surface area (Å²) in [5.74, 6) is -0.267. The van der Waals surface area contributed by atoms with Gasteiger partial charge in [0.05, 0.1) is 11.4 Å². The van der Waals surface area contributed by atoms with Gasteiger partial charge in [-0.3, -0.25) is 4.55 Å². The number of rotatable bonds is 8. The van der Waals surface area contributed by atoms with Crippen LogP contribution in [0.5, 0.6) is 0 Å². The van der Waals surface area contributed by atoms with Gasteiger partial charge in [0.2, 0.25) is 0 Å². The Bertz CT molecular complexity index is 263. The van der Waals surface area contributed by atoms with Crippen LogP contribution in [0.3, 0.4) is 0 Å². The lowest BCUT2D eigenvalue weighted by Crippen LogP contribution is -2.49. The molecule has 5 N–H and O–H groups in total. The first-order valence-corrected chi connectivity index (χ1v) is 6.91. The molecule has 0 spiro atoms. The van der Waals surface area contributed by atoms with Crippen LogP contribution in [-0.4, -0.2) is 24.4 Å². The summed E-state index contributed by atoms with van der Waals surface area (Å²) in [5, 5.41) is 0. The van der Waals surface area contributed by atoms with Gasteiger partial charge in [-0.15, -0.1) is 0 Å². The van der Waals surface area contributed by atoms with Gasteiger partial charge in [0.1, 0.15) is 0 Å². The molecule has 0 saturated carbocycles. The van der Waals surface area contributed by atoms with Crippen molar-refractivity contribution in [2.45, 2.75) is 51.1 Å². The molecule has 0 aliphatic carbocycles. The summed E-state index contributed by atoms with van der Waals surface area (Å²) in [6.07, 6.45) is 4.53. The summed E-state index contributed by atoms with van der Waals surface area (Å²) in [5.41, 5.74) is 10.8. The van der Waals surface area contributed by atoms with Crippen LogP contribution in [0.2, 0.25) is 0 Å². The first kappa shape index (κ1) is 14.8. The molecular weight excluding hydrogens is 216 g/mol. The molecule has 0 aliphatic rings. The molecule has 0 heterocycles. The monoisotopic (exact) mass is 238 g/mol. The van der Waals surface area contributed by atoms with Crippen molar-refractivity contribution >= 4 is 10.1 Å². The van der Waals surface area contributed by atoms with E-state index in [1.54, 1.807) is 0 Å².